The Balaban J connectivity index is 0.00000192. The van der Waals surface area contributed by atoms with E-state index in [9.17, 15) is 4.79 Å². The minimum absolute atomic E-state index is 0. The molecule has 2 aliphatic heterocycles. The number of fused-ring (bicyclic) bond motifs is 2. The maximum absolute atomic E-state index is 12.2. The number of benzene rings is 2. The van der Waals surface area contributed by atoms with Gasteiger partial charge in [0.25, 0.3) is 0 Å². The predicted octanol–water partition coefficient (Wildman–Crippen LogP) is 4.47. The first kappa shape index (κ1) is 18.6. The van der Waals surface area contributed by atoms with Crippen LogP contribution in [0.1, 0.15) is 34.5 Å². The van der Waals surface area contributed by atoms with Crippen LogP contribution in [0.15, 0.2) is 54.6 Å². The van der Waals surface area contributed by atoms with Gasteiger partial charge in [-0.05, 0) is 13.0 Å². The van der Waals surface area contributed by atoms with Gasteiger partial charge < -0.3 is 14.6 Å². The van der Waals surface area contributed by atoms with Crippen LogP contribution in [0.4, 0.5) is 5.95 Å². The first-order chi connectivity index (χ1) is 13.2. The second-order valence-electron chi connectivity index (χ2n) is 7.32. The minimum atomic E-state index is -0.478. The highest BCUT2D eigenvalue weighted by atomic mass is 35.5. The third-order valence-corrected chi connectivity index (χ3v) is 5.72. The third kappa shape index (κ3) is 2.87. The molecule has 3 aromatic rings. The lowest BCUT2D eigenvalue weighted by atomic mass is 9.84. The topological polar surface area (TPSA) is 58.2 Å². The maximum Gasteiger partial charge on any atom is 0.339 e. The monoisotopic (exact) mass is 395 g/mol. The van der Waals surface area contributed by atoms with Gasteiger partial charge in [-0.15, -0.1) is 12.4 Å². The molecule has 1 spiro atoms. The summed E-state index contributed by atoms with van der Waals surface area (Å²) in [5, 5.41) is 0. The largest absolute Gasteiger partial charge is 0.450 e. The van der Waals surface area contributed by atoms with E-state index in [0.29, 0.717) is 5.56 Å². The van der Waals surface area contributed by atoms with Crippen LogP contribution in [0.3, 0.4) is 0 Å². The molecule has 0 amide bonds. The highest BCUT2D eigenvalue weighted by Gasteiger charge is 2.47. The van der Waals surface area contributed by atoms with E-state index in [-0.39, 0.29) is 18.4 Å². The maximum atomic E-state index is 12.2. The highest BCUT2D eigenvalue weighted by molar-refractivity contribution is 5.94. The van der Waals surface area contributed by atoms with E-state index in [0.717, 1.165) is 54.4 Å². The smallest absolute Gasteiger partial charge is 0.339 e. The molecule has 1 saturated heterocycles. The molecule has 28 heavy (non-hydrogen) atoms. The Hall–Kier alpha value is -2.79. The number of imidazole rings is 1. The Labute approximate surface area is 170 Å². The molecule has 0 saturated carbocycles. The van der Waals surface area contributed by atoms with Crippen molar-refractivity contribution in [1.29, 1.82) is 0 Å². The van der Waals surface area contributed by atoms with Gasteiger partial charge in [-0.1, -0.05) is 48.5 Å². The summed E-state index contributed by atoms with van der Waals surface area (Å²) in [7, 11) is 0. The standard InChI is InChI=1S/C22H21N3O2.ClH/c1-15-19(16-7-3-2-4-8-16)24-21(23-15)25-13-11-22(12-14-25)18-10-6-5-9-17(18)20(26)27-22;/h2-10H,11-14H2,1H3,(H,23,24);1H. The quantitative estimate of drug-likeness (QED) is 0.650. The molecule has 144 valence electrons. The van der Waals surface area contributed by atoms with Crippen LogP contribution >= 0.6 is 12.4 Å². The number of piperidine rings is 1. The van der Waals surface area contributed by atoms with Crippen molar-refractivity contribution in [3.8, 4) is 11.3 Å². The fourth-order valence-electron chi connectivity index (χ4n) is 4.27. The van der Waals surface area contributed by atoms with E-state index >= 15 is 0 Å². The molecule has 0 bridgehead atoms. The summed E-state index contributed by atoms with van der Waals surface area (Å²) in [6, 6.07) is 18.0. The Morgan fingerprint density at radius 1 is 1.04 bits per heavy atom. The van der Waals surface area contributed by atoms with Crippen LogP contribution in [0.2, 0.25) is 0 Å². The van der Waals surface area contributed by atoms with Gasteiger partial charge in [0, 0.05) is 42.8 Å². The van der Waals surface area contributed by atoms with Crippen molar-refractivity contribution >= 4 is 24.3 Å². The molecule has 3 heterocycles. The van der Waals surface area contributed by atoms with Crippen molar-refractivity contribution in [2.75, 3.05) is 18.0 Å². The van der Waals surface area contributed by atoms with Crippen molar-refractivity contribution < 1.29 is 9.53 Å². The molecule has 6 heteroatoms. The zero-order chi connectivity index (χ0) is 18.4. The van der Waals surface area contributed by atoms with Gasteiger partial charge in [-0.25, -0.2) is 9.78 Å². The Bertz CT molecular complexity index is 1010. The number of aromatic amines is 1. The molecular weight excluding hydrogens is 374 g/mol. The number of hydrogen-bond donors (Lipinski definition) is 1. The number of nitrogens with zero attached hydrogens (tertiary/aromatic N) is 2. The number of aromatic nitrogens is 2. The SMILES string of the molecule is Cc1[nH]c(N2CCC3(CC2)OC(=O)c2ccccc23)nc1-c1ccccc1.Cl. The number of nitrogens with one attached hydrogen (secondary N) is 1. The van der Waals surface area contributed by atoms with Gasteiger partial charge >= 0.3 is 5.97 Å². The summed E-state index contributed by atoms with van der Waals surface area (Å²) >= 11 is 0. The summed E-state index contributed by atoms with van der Waals surface area (Å²) in [4.78, 5) is 22.8. The lowest BCUT2D eigenvalue weighted by molar-refractivity contribution is -0.0211. The first-order valence-corrected chi connectivity index (χ1v) is 9.36. The molecule has 0 unspecified atom stereocenters. The molecule has 5 nitrogen and oxygen atoms in total. The van der Waals surface area contributed by atoms with Crippen LogP contribution in [-0.4, -0.2) is 29.0 Å². The second kappa shape index (κ2) is 6.99. The fraction of sp³-hybridized carbons (Fsp3) is 0.273. The van der Waals surface area contributed by atoms with Gasteiger partial charge in [-0.3, -0.25) is 0 Å². The molecule has 1 aromatic heterocycles. The summed E-state index contributed by atoms with van der Waals surface area (Å²) in [5.74, 6) is 0.693. The number of ether oxygens (including phenoxy) is 1. The molecule has 0 radical (unpaired) electrons. The van der Waals surface area contributed by atoms with Crippen LogP contribution in [0.5, 0.6) is 0 Å². The van der Waals surface area contributed by atoms with Crippen LogP contribution in [0, 0.1) is 6.92 Å². The van der Waals surface area contributed by atoms with Gasteiger partial charge in [0.2, 0.25) is 5.95 Å². The van der Waals surface area contributed by atoms with Gasteiger partial charge in [0.05, 0.1) is 11.3 Å². The van der Waals surface area contributed by atoms with E-state index in [2.05, 4.69) is 28.9 Å². The van der Waals surface area contributed by atoms with E-state index in [1.54, 1.807) is 0 Å². The van der Waals surface area contributed by atoms with Crippen molar-refractivity contribution in [3.63, 3.8) is 0 Å². The number of aryl methyl sites for hydroxylation is 1. The molecule has 1 fully saturated rings. The number of H-pyrrole nitrogens is 1. The number of carbonyl (C=O) groups is 1. The molecule has 5 rings (SSSR count). The Kier molecular flexibility index (Phi) is 4.63. The molecule has 0 atom stereocenters. The fourth-order valence-corrected chi connectivity index (χ4v) is 4.27. The zero-order valence-electron chi connectivity index (χ0n) is 15.6. The van der Waals surface area contributed by atoms with Crippen LogP contribution in [0.25, 0.3) is 11.3 Å². The summed E-state index contributed by atoms with van der Waals surface area (Å²) in [6.07, 6.45) is 1.55. The number of halogens is 1. The molecule has 1 N–H and O–H groups in total. The number of esters is 1. The second-order valence-corrected chi connectivity index (χ2v) is 7.32. The Morgan fingerprint density at radius 3 is 2.46 bits per heavy atom. The van der Waals surface area contributed by atoms with Crippen LogP contribution in [-0.2, 0) is 10.3 Å². The van der Waals surface area contributed by atoms with Gasteiger partial charge in [-0.2, -0.15) is 0 Å². The van der Waals surface area contributed by atoms with E-state index in [1.807, 2.05) is 42.5 Å². The lowest BCUT2D eigenvalue weighted by Crippen LogP contribution is -2.43. The normalized spacial score (nSPS) is 17.2. The van der Waals surface area contributed by atoms with E-state index < -0.39 is 5.60 Å². The summed E-state index contributed by atoms with van der Waals surface area (Å²) < 4.78 is 5.85. The van der Waals surface area contributed by atoms with E-state index in [1.165, 1.54) is 0 Å². The molecule has 0 aliphatic carbocycles. The van der Waals surface area contributed by atoms with Crippen molar-refractivity contribution in [2.45, 2.75) is 25.4 Å². The third-order valence-electron chi connectivity index (χ3n) is 5.72. The average Bonchev–Trinajstić information content (AvgIpc) is 3.22. The zero-order valence-corrected chi connectivity index (χ0v) is 16.5. The number of anilines is 1. The van der Waals surface area contributed by atoms with Crippen LogP contribution < -0.4 is 4.90 Å². The first-order valence-electron chi connectivity index (χ1n) is 9.36. The van der Waals surface area contributed by atoms with E-state index in [4.69, 9.17) is 9.72 Å². The molecule has 2 aromatic carbocycles. The number of hydrogen-bond acceptors (Lipinski definition) is 4. The molecular formula is C22H22ClN3O2. The summed E-state index contributed by atoms with van der Waals surface area (Å²) in [6.45, 7) is 3.64. The average molecular weight is 396 g/mol. The minimum Gasteiger partial charge on any atom is -0.450 e. The van der Waals surface area contributed by atoms with Gasteiger partial charge in [0.1, 0.15) is 5.60 Å². The Morgan fingerprint density at radius 2 is 1.71 bits per heavy atom. The van der Waals surface area contributed by atoms with Crippen molar-refractivity contribution in [1.82, 2.24) is 9.97 Å². The van der Waals surface area contributed by atoms with Crippen molar-refractivity contribution in [3.05, 3.63) is 71.4 Å². The number of rotatable bonds is 2. The van der Waals surface area contributed by atoms with Crippen molar-refractivity contribution in [2.24, 2.45) is 0 Å². The van der Waals surface area contributed by atoms with Gasteiger partial charge in [0.15, 0.2) is 0 Å². The summed E-state index contributed by atoms with van der Waals surface area (Å²) in [5.41, 5.74) is 4.44. The number of carbonyl (C=O) groups excluding carboxylic acids is 1. The lowest BCUT2D eigenvalue weighted by Gasteiger charge is -2.38. The predicted molar refractivity (Wildman–Crippen MR) is 111 cm³/mol. The highest BCUT2D eigenvalue weighted by Crippen LogP contribution is 2.44. The molecule has 2 aliphatic rings.